The summed E-state index contributed by atoms with van der Waals surface area (Å²) in [6.45, 7) is 23.7. The second kappa shape index (κ2) is 22.7. The largest absolute Gasteiger partial charge is 0.462 e. The third-order valence-electron chi connectivity index (χ3n) is 14.5. The molecule has 0 heterocycles. The van der Waals surface area contributed by atoms with Crippen molar-refractivity contribution in [1.82, 2.24) is 10.2 Å². The smallest absolute Gasteiger partial charge is 0.306 e. The van der Waals surface area contributed by atoms with Gasteiger partial charge in [-0.05, 0) is 158 Å². The van der Waals surface area contributed by atoms with E-state index in [1.807, 2.05) is 32.6 Å². The van der Waals surface area contributed by atoms with E-state index in [9.17, 15) is 9.59 Å². The van der Waals surface area contributed by atoms with E-state index in [-0.39, 0.29) is 84.5 Å². The normalized spacial score (nSPS) is 29.3. The van der Waals surface area contributed by atoms with Gasteiger partial charge in [-0.25, -0.2) is 0 Å². The molecule has 3 fully saturated rings. The summed E-state index contributed by atoms with van der Waals surface area (Å²) in [6.07, 6.45) is 20.3. The van der Waals surface area contributed by atoms with Crippen molar-refractivity contribution < 1.29 is 14.3 Å². The second-order valence-corrected chi connectivity index (χ2v) is 20.5. The number of nitrogens with one attached hydrogen (secondary N) is 1. The lowest BCUT2D eigenvalue weighted by Crippen LogP contribution is -2.51. The SMILES string of the molecule is CC(C)CCC[C@@H](C)[C@H]1CC[C@H]2[C@@H]3CC=C4C[C@@H](OC(=O)CCC(=O)N(CCCCNCCC(C)(C)N)CCC(C)(C)N)CC[C@]4(C)[C@H]3CC[C@]12C.Cl.Cl.Cl. The van der Waals surface area contributed by atoms with E-state index in [0.29, 0.717) is 18.5 Å². The third kappa shape index (κ3) is 14.9. The number of unbranched alkanes of at least 4 members (excludes halogenated alkanes) is 1. The van der Waals surface area contributed by atoms with Gasteiger partial charge in [0.2, 0.25) is 5.91 Å². The van der Waals surface area contributed by atoms with E-state index in [0.717, 1.165) is 93.5 Å². The maximum atomic E-state index is 13.4. The summed E-state index contributed by atoms with van der Waals surface area (Å²) in [5.74, 6) is 4.75. The first kappa shape index (κ1) is 52.4. The number of fused-ring (bicyclic) bond motifs is 5. The van der Waals surface area contributed by atoms with Crippen LogP contribution in [0.15, 0.2) is 11.6 Å². The van der Waals surface area contributed by atoms with Gasteiger partial charge in [0.15, 0.2) is 0 Å². The Bertz CT molecular complexity index is 1200. The van der Waals surface area contributed by atoms with Crippen LogP contribution in [0.25, 0.3) is 0 Å². The van der Waals surface area contributed by atoms with E-state index in [1.54, 1.807) is 5.57 Å². The molecule has 1 amide bonds. The highest BCUT2D eigenvalue weighted by atomic mass is 35.5. The van der Waals surface area contributed by atoms with Crippen LogP contribution < -0.4 is 16.8 Å². The Balaban J connectivity index is 0.00000504. The fraction of sp³-hybridized carbons (Fsp3) is 0.911. The highest BCUT2D eigenvalue weighted by molar-refractivity contribution is 5.86. The molecule has 5 N–H and O–H groups in total. The minimum atomic E-state index is -0.348. The van der Waals surface area contributed by atoms with Gasteiger partial charge >= 0.3 is 5.97 Å². The Morgan fingerprint density at radius 3 is 2.20 bits per heavy atom. The van der Waals surface area contributed by atoms with Crippen LogP contribution in [0.3, 0.4) is 0 Å². The molecule has 0 bridgehead atoms. The first-order valence-corrected chi connectivity index (χ1v) is 21.8. The summed E-state index contributed by atoms with van der Waals surface area (Å²) in [6, 6.07) is 0. The number of esters is 1. The molecule has 324 valence electrons. The average Bonchev–Trinajstić information content (AvgIpc) is 3.41. The number of carbonyl (C=O) groups excluding carboxylic acids is 2. The van der Waals surface area contributed by atoms with Crippen molar-refractivity contribution in [2.24, 2.45) is 57.8 Å². The molecule has 0 aromatic carbocycles. The van der Waals surface area contributed by atoms with Crippen LogP contribution in [-0.4, -0.2) is 60.1 Å². The van der Waals surface area contributed by atoms with Crippen molar-refractivity contribution >= 4 is 49.1 Å². The Kier molecular flexibility index (Phi) is 21.7. The van der Waals surface area contributed by atoms with Gasteiger partial charge in [0.05, 0.1) is 6.42 Å². The minimum Gasteiger partial charge on any atom is -0.462 e. The van der Waals surface area contributed by atoms with Gasteiger partial charge < -0.3 is 26.4 Å². The molecule has 0 unspecified atom stereocenters. The van der Waals surface area contributed by atoms with Gasteiger partial charge in [-0.15, -0.1) is 37.2 Å². The van der Waals surface area contributed by atoms with Gasteiger partial charge in [0.1, 0.15) is 6.10 Å². The van der Waals surface area contributed by atoms with Gasteiger partial charge in [-0.3, -0.25) is 9.59 Å². The van der Waals surface area contributed by atoms with Gasteiger partial charge in [-0.2, -0.15) is 0 Å². The molecule has 4 aliphatic carbocycles. The van der Waals surface area contributed by atoms with Crippen LogP contribution in [0.4, 0.5) is 0 Å². The first-order chi connectivity index (χ1) is 24.3. The van der Waals surface area contributed by atoms with E-state index in [1.165, 1.54) is 51.4 Å². The molecule has 3 saturated carbocycles. The summed E-state index contributed by atoms with van der Waals surface area (Å²) in [4.78, 5) is 28.4. The van der Waals surface area contributed by atoms with Crippen LogP contribution in [0.2, 0.25) is 0 Å². The maximum absolute atomic E-state index is 13.4. The number of carbonyl (C=O) groups is 2. The summed E-state index contributed by atoms with van der Waals surface area (Å²) < 4.78 is 6.11. The van der Waals surface area contributed by atoms with Crippen LogP contribution in [-0.2, 0) is 14.3 Å². The first-order valence-electron chi connectivity index (χ1n) is 21.8. The molecule has 0 aromatic rings. The molecule has 4 rings (SSSR count). The number of hydrogen-bond donors (Lipinski definition) is 3. The lowest BCUT2D eigenvalue weighted by atomic mass is 9.47. The van der Waals surface area contributed by atoms with E-state index >= 15 is 0 Å². The van der Waals surface area contributed by atoms with Gasteiger partial charge in [0.25, 0.3) is 0 Å². The van der Waals surface area contributed by atoms with Crippen LogP contribution in [0, 0.1) is 46.3 Å². The van der Waals surface area contributed by atoms with E-state index in [4.69, 9.17) is 16.2 Å². The predicted octanol–water partition coefficient (Wildman–Crippen LogP) is 10.4. The number of halogens is 3. The zero-order chi connectivity index (χ0) is 38.3. The second-order valence-electron chi connectivity index (χ2n) is 20.5. The van der Waals surface area contributed by atoms with Crippen molar-refractivity contribution in [3.05, 3.63) is 11.6 Å². The van der Waals surface area contributed by atoms with Crippen molar-refractivity contribution in [3.8, 4) is 0 Å². The number of nitrogens with two attached hydrogens (primary N) is 2. The monoisotopic (exact) mass is 835 g/mol. The van der Waals surface area contributed by atoms with Crippen molar-refractivity contribution in [3.63, 3.8) is 0 Å². The molecule has 0 aliphatic heterocycles. The fourth-order valence-corrected chi connectivity index (χ4v) is 11.2. The quantitative estimate of drug-likeness (QED) is 0.0640. The molecule has 55 heavy (non-hydrogen) atoms. The van der Waals surface area contributed by atoms with Crippen LogP contribution in [0.5, 0.6) is 0 Å². The Morgan fingerprint density at radius 2 is 1.55 bits per heavy atom. The Hall–Kier alpha value is -0.570. The number of nitrogens with zero attached hydrogens (tertiary/aromatic N) is 1. The third-order valence-corrected chi connectivity index (χ3v) is 14.5. The maximum Gasteiger partial charge on any atom is 0.306 e. The summed E-state index contributed by atoms with van der Waals surface area (Å²) >= 11 is 0. The average molecular weight is 837 g/mol. The van der Waals surface area contributed by atoms with Gasteiger partial charge in [0, 0.05) is 37.0 Å². The number of ether oxygens (including phenoxy) is 1. The zero-order valence-electron chi connectivity index (χ0n) is 36.5. The lowest BCUT2D eigenvalue weighted by molar-refractivity contribution is -0.153. The number of amides is 1. The molecule has 0 saturated heterocycles. The molecule has 0 aromatic heterocycles. The highest BCUT2D eigenvalue weighted by Gasteiger charge is 2.59. The summed E-state index contributed by atoms with van der Waals surface area (Å²) in [5.41, 5.74) is 14.1. The summed E-state index contributed by atoms with van der Waals surface area (Å²) in [7, 11) is 0. The molecule has 0 radical (unpaired) electrons. The molecule has 10 heteroatoms. The molecule has 8 atom stereocenters. The molecular formula is C45H85Cl3N4O3. The standard InChI is InChI=1S/C45H82N4O3.3ClH/c1-32(2)13-12-14-33(3)37-17-18-38-36-16-15-34-31-35(21-23-44(34,8)39(36)22-24-45(37,38)9)52-41(51)20-19-40(50)49(30-26-43(6,7)47)29-11-10-27-48-28-25-42(4,5)46;;;/h15,32-33,35-39,48H,10-14,16-31,46-47H2,1-9H3;3*1H/t33-,35+,36+,37-,38+,39+,44+,45-;;;/m1.../s1. The van der Waals surface area contributed by atoms with E-state index < -0.39 is 0 Å². The van der Waals surface area contributed by atoms with Crippen LogP contribution >= 0.6 is 37.2 Å². The number of hydrogen-bond acceptors (Lipinski definition) is 6. The zero-order valence-corrected chi connectivity index (χ0v) is 39.0. The molecule has 7 nitrogen and oxygen atoms in total. The van der Waals surface area contributed by atoms with E-state index in [2.05, 4.69) is 46.0 Å². The molecular weight excluding hydrogens is 751 g/mol. The lowest BCUT2D eigenvalue weighted by Gasteiger charge is -2.58. The Morgan fingerprint density at radius 1 is 0.855 bits per heavy atom. The molecule has 0 spiro atoms. The number of allylic oxidation sites excluding steroid dienone is 1. The van der Waals surface area contributed by atoms with Crippen molar-refractivity contribution in [2.45, 2.75) is 189 Å². The van der Waals surface area contributed by atoms with Crippen molar-refractivity contribution in [1.29, 1.82) is 0 Å². The highest BCUT2D eigenvalue weighted by Crippen LogP contribution is 2.67. The fourth-order valence-electron chi connectivity index (χ4n) is 11.2. The number of rotatable bonds is 20. The van der Waals surface area contributed by atoms with Gasteiger partial charge in [-0.1, -0.05) is 65.5 Å². The summed E-state index contributed by atoms with van der Waals surface area (Å²) in [5, 5.41) is 3.47. The minimum absolute atomic E-state index is 0. The topological polar surface area (TPSA) is 111 Å². The van der Waals surface area contributed by atoms with Crippen LogP contribution in [0.1, 0.15) is 171 Å². The molecule has 4 aliphatic rings. The predicted molar refractivity (Wildman–Crippen MR) is 238 cm³/mol. The Labute approximate surface area is 356 Å². The van der Waals surface area contributed by atoms with Crippen molar-refractivity contribution in [2.75, 3.05) is 26.2 Å².